The van der Waals surface area contributed by atoms with Crippen molar-refractivity contribution in [1.82, 2.24) is 4.98 Å². The molecule has 20 heavy (non-hydrogen) atoms. The first-order chi connectivity index (χ1) is 9.68. The highest BCUT2D eigenvalue weighted by Crippen LogP contribution is 2.58. The molecule has 0 aromatic carbocycles. The standard InChI is InChI=1S/C17H25N3/c1-2-20(15-3-4-16(18)19-11-15)17-8-12-5-13(9-17)7-14(6-12)10-17/h3-4,11-14H,2,5-10H2,1H3,(H2,18,19). The van der Waals surface area contributed by atoms with Crippen LogP contribution >= 0.6 is 0 Å². The topological polar surface area (TPSA) is 42.1 Å². The molecular weight excluding hydrogens is 246 g/mol. The molecule has 0 unspecified atom stereocenters. The third kappa shape index (κ3) is 1.82. The van der Waals surface area contributed by atoms with E-state index in [4.69, 9.17) is 5.73 Å². The maximum Gasteiger partial charge on any atom is 0.123 e. The number of hydrogen-bond donors (Lipinski definition) is 1. The zero-order chi connectivity index (χ0) is 13.7. The Morgan fingerprint density at radius 1 is 1.15 bits per heavy atom. The van der Waals surface area contributed by atoms with Crippen LogP contribution in [0, 0.1) is 17.8 Å². The van der Waals surface area contributed by atoms with Crippen LogP contribution in [0.25, 0.3) is 0 Å². The lowest BCUT2D eigenvalue weighted by Gasteiger charge is -2.61. The van der Waals surface area contributed by atoms with Gasteiger partial charge in [0, 0.05) is 12.1 Å². The number of nitrogen functional groups attached to an aromatic ring is 1. The van der Waals surface area contributed by atoms with Gasteiger partial charge in [-0.2, -0.15) is 0 Å². The van der Waals surface area contributed by atoms with Crippen molar-refractivity contribution in [3.8, 4) is 0 Å². The van der Waals surface area contributed by atoms with Crippen molar-refractivity contribution >= 4 is 11.5 Å². The minimum Gasteiger partial charge on any atom is -0.384 e. The van der Waals surface area contributed by atoms with Gasteiger partial charge in [0.25, 0.3) is 0 Å². The van der Waals surface area contributed by atoms with E-state index < -0.39 is 0 Å². The molecule has 0 spiro atoms. The van der Waals surface area contributed by atoms with E-state index in [-0.39, 0.29) is 0 Å². The van der Waals surface area contributed by atoms with Crippen molar-refractivity contribution in [2.75, 3.05) is 17.2 Å². The zero-order valence-electron chi connectivity index (χ0n) is 12.4. The van der Waals surface area contributed by atoms with Crippen molar-refractivity contribution in [2.24, 2.45) is 17.8 Å². The molecule has 4 saturated carbocycles. The SMILES string of the molecule is CCN(c1ccc(N)nc1)C12CC3CC(CC(C3)C1)C2. The average Bonchev–Trinajstić information content (AvgIpc) is 2.40. The van der Waals surface area contributed by atoms with Gasteiger partial charge in [-0.15, -0.1) is 0 Å². The second kappa shape index (κ2) is 4.37. The molecule has 4 bridgehead atoms. The van der Waals surface area contributed by atoms with Crippen molar-refractivity contribution in [3.63, 3.8) is 0 Å². The molecule has 1 aromatic rings. The normalized spacial score (nSPS) is 38.1. The van der Waals surface area contributed by atoms with E-state index in [9.17, 15) is 0 Å². The van der Waals surface area contributed by atoms with E-state index >= 15 is 0 Å². The molecule has 4 aliphatic rings. The highest BCUT2D eigenvalue weighted by atomic mass is 15.2. The Hall–Kier alpha value is -1.25. The van der Waals surface area contributed by atoms with Crippen molar-refractivity contribution < 1.29 is 0 Å². The molecule has 3 heteroatoms. The Balaban J connectivity index is 1.68. The monoisotopic (exact) mass is 271 g/mol. The first-order valence-corrected chi connectivity index (χ1v) is 8.18. The van der Waals surface area contributed by atoms with Gasteiger partial charge in [0.15, 0.2) is 0 Å². The third-order valence-electron chi connectivity index (χ3n) is 5.98. The molecular formula is C17H25N3. The van der Waals surface area contributed by atoms with E-state index in [0.29, 0.717) is 11.4 Å². The summed E-state index contributed by atoms with van der Waals surface area (Å²) < 4.78 is 0. The summed E-state index contributed by atoms with van der Waals surface area (Å²) in [7, 11) is 0. The molecule has 0 atom stereocenters. The fraction of sp³-hybridized carbons (Fsp3) is 0.706. The smallest absolute Gasteiger partial charge is 0.123 e. The molecule has 0 saturated heterocycles. The van der Waals surface area contributed by atoms with E-state index in [1.54, 1.807) is 0 Å². The van der Waals surface area contributed by atoms with Crippen LogP contribution in [0.2, 0.25) is 0 Å². The van der Waals surface area contributed by atoms with Crippen LogP contribution in [0.15, 0.2) is 18.3 Å². The molecule has 0 amide bonds. The Morgan fingerprint density at radius 3 is 2.20 bits per heavy atom. The maximum absolute atomic E-state index is 5.74. The van der Waals surface area contributed by atoms with Gasteiger partial charge in [-0.3, -0.25) is 0 Å². The molecule has 2 N–H and O–H groups in total. The average molecular weight is 271 g/mol. The molecule has 1 aromatic heterocycles. The van der Waals surface area contributed by atoms with Gasteiger partial charge >= 0.3 is 0 Å². The second-order valence-electron chi connectivity index (χ2n) is 7.33. The predicted molar refractivity (Wildman–Crippen MR) is 82.6 cm³/mol. The van der Waals surface area contributed by atoms with Gasteiger partial charge < -0.3 is 10.6 Å². The van der Waals surface area contributed by atoms with Crippen molar-refractivity contribution in [2.45, 2.75) is 51.0 Å². The lowest BCUT2D eigenvalue weighted by molar-refractivity contribution is -0.00390. The van der Waals surface area contributed by atoms with Crippen LogP contribution in [-0.4, -0.2) is 17.1 Å². The maximum atomic E-state index is 5.74. The van der Waals surface area contributed by atoms with Crippen LogP contribution < -0.4 is 10.6 Å². The highest BCUT2D eigenvalue weighted by molar-refractivity contribution is 5.51. The predicted octanol–water partition coefficient (Wildman–Crippen LogP) is 3.46. The Morgan fingerprint density at radius 2 is 1.75 bits per heavy atom. The minimum atomic E-state index is 0.418. The number of nitrogens with zero attached hydrogens (tertiary/aromatic N) is 2. The lowest BCUT2D eigenvalue weighted by atomic mass is 9.52. The molecule has 1 heterocycles. The van der Waals surface area contributed by atoms with Crippen LogP contribution in [0.4, 0.5) is 11.5 Å². The van der Waals surface area contributed by atoms with E-state index in [1.165, 1.54) is 44.2 Å². The van der Waals surface area contributed by atoms with Gasteiger partial charge in [0.05, 0.1) is 11.9 Å². The molecule has 5 rings (SSSR count). The summed E-state index contributed by atoms with van der Waals surface area (Å²) in [6, 6.07) is 4.10. The quantitative estimate of drug-likeness (QED) is 0.915. The fourth-order valence-electron chi connectivity index (χ4n) is 5.74. The number of nitrogens with two attached hydrogens (primary N) is 1. The first kappa shape index (κ1) is 12.5. The van der Waals surface area contributed by atoms with Crippen molar-refractivity contribution in [1.29, 1.82) is 0 Å². The summed E-state index contributed by atoms with van der Waals surface area (Å²) >= 11 is 0. The van der Waals surface area contributed by atoms with Crippen LogP contribution in [0.3, 0.4) is 0 Å². The summed E-state index contributed by atoms with van der Waals surface area (Å²) in [5.41, 5.74) is 7.43. The summed E-state index contributed by atoms with van der Waals surface area (Å²) in [6.07, 6.45) is 10.7. The summed E-state index contributed by atoms with van der Waals surface area (Å²) in [5, 5.41) is 0. The highest BCUT2D eigenvalue weighted by Gasteiger charge is 2.53. The number of rotatable bonds is 3. The largest absolute Gasteiger partial charge is 0.384 e. The van der Waals surface area contributed by atoms with Gasteiger partial charge in [0.2, 0.25) is 0 Å². The molecule has 4 fully saturated rings. The zero-order valence-corrected chi connectivity index (χ0v) is 12.4. The van der Waals surface area contributed by atoms with Gasteiger partial charge in [-0.1, -0.05) is 0 Å². The van der Waals surface area contributed by atoms with Crippen LogP contribution in [0.5, 0.6) is 0 Å². The Bertz CT molecular complexity index is 458. The summed E-state index contributed by atoms with van der Waals surface area (Å²) in [6.45, 7) is 3.37. The Kier molecular flexibility index (Phi) is 2.73. The minimum absolute atomic E-state index is 0.418. The number of hydrogen-bond acceptors (Lipinski definition) is 3. The van der Waals surface area contributed by atoms with Gasteiger partial charge in [-0.25, -0.2) is 4.98 Å². The molecule has 4 aliphatic carbocycles. The molecule has 3 nitrogen and oxygen atoms in total. The lowest BCUT2D eigenvalue weighted by Crippen LogP contribution is -2.60. The van der Waals surface area contributed by atoms with E-state index in [0.717, 1.165) is 24.3 Å². The number of pyridine rings is 1. The second-order valence-corrected chi connectivity index (χ2v) is 7.33. The summed E-state index contributed by atoms with van der Waals surface area (Å²) in [5.74, 6) is 3.57. The van der Waals surface area contributed by atoms with Crippen molar-refractivity contribution in [3.05, 3.63) is 18.3 Å². The number of anilines is 2. The van der Waals surface area contributed by atoms with E-state index in [1.807, 2.05) is 12.3 Å². The Labute approximate surface area is 121 Å². The molecule has 108 valence electrons. The van der Waals surface area contributed by atoms with Gasteiger partial charge in [-0.05, 0) is 75.3 Å². The summed E-state index contributed by atoms with van der Waals surface area (Å²) in [4.78, 5) is 6.95. The number of aromatic nitrogens is 1. The third-order valence-corrected chi connectivity index (χ3v) is 5.98. The van der Waals surface area contributed by atoms with E-state index in [2.05, 4.69) is 22.9 Å². The molecule has 0 aliphatic heterocycles. The van der Waals surface area contributed by atoms with Crippen LogP contribution in [-0.2, 0) is 0 Å². The van der Waals surface area contributed by atoms with Gasteiger partial charge in [0.1, 0.15) is 5.82 Å². The van der Waals surface area contributed by atoms with Crippen LogP contribution in [0.1, 0.15) is 45.4 Å². The molecule has 0 radical (unpaired) electrons. The fourth-order valence-corrected chi connectivity index (χ4v) is 5.74. The first-order valence-electron chi connectivity index (χ1n) is 8.18.